The van der Waals surface area contributed by atoms with Crippen LogP contribution in [0.1, 0.15) is 0 Å². The molecule has 10 atom stereocenters. The first kappa shape index (κ1) is 28.1. The summed E-state index contributed by atoms with van der Waals surface area (Å²) in [7, 11) is 9.63. The molecule has 3 fully saturated rings. The molecule has 3 saturated heterocycles. The number of ether oxygens (including phenoxy) is 12. The second-order valence-corrected chi connectivity index (χ2v) is 8.21. The van der Waals surface area contributed by atoms with Gasteiger partial charge in [0.15, 0.2) is 12.6 Å². The molecule has 200 valence electrons. The van der Waals surface area contributed by atoms with Crippen LogP contribution in [0.5, 0.6) is 0 Å². The van der Waals surface area contributed by atoms with Gasteiger partial charge in [-0.05, 0) is 0 Å². The standard InChI is InChI=1S/C22H40O12/c1-23-11-13-15(25-3)17(27-5)19-21(33-13)31-9-7-30-20-18(28-6)16(26-4)14(12-24-2)34-22(20)32-10-8-29-19/h13-22H,7-12H2,1-6H3/t13-,14-,15-,16-,17+,18+,19-,20-,21-,22-/m1/s1. The fourth-order valence-corrected chi connectivity index (χ4v) is 4.78. The van der Waals surface area contributed by atoms with Gasteiger partial charge in [-0.15, -0.1) is 0 Å². The van der Waals surface area contributed by atoms with Gasteiger partial charge < -0.3 is 56.8 Å². The lowest BCUT2D eigenvalue weighted by molar-refractivity contribution is -0.340. The van der Waals surface area contributed by atoms with Gasteiger partial charge in [-0.1, -0.05) is 0 Å². The fraction of sp³-hybridized carbons (Fsp3) is 1.00. The third-order valence-corrected chi connectivity index (χ3v) is 6.28. The predicted octanol–water partition coefficient (Wildman–Crippen LogP) is -0.394. The Balaban J connectivity index is 1.73. The van der Waals surface area contributed by atoms with Crippen molar-refractivity contribution in [1.29, 1.82) is 0 Å². The van der Waals surface area contributed by atoms with Crippen LogP contribution in [-0.4, -0.2) is 144 Å². The van der Waals surface area contributed by atoms with E-state index < -0.39 is 49.2 Å². The maximum absolute atomic E-state index is 6.14. The van der Waals surface area contributed by atoms with E-state index in [2.05, 4.69) is 0 Å². The highest BCUT2D eigenvalue weighted by Crippen LogP contribution is 2.31. The van der Waals surface area contributed by atoms with Gasteiger partial charge in [-0.2, -0.15) is 0 Å². The third kappa shape index (κ3) is 6.44. The second kappa shape index (κ2) is 14.3. The van der Waals surface area contributed by atoms with Gasteiger partial charge in [0.25, 0.3) is 0 Å². The Labute approximate surface area is 201 Å². The molecule has 0 radical (unpaired) electrons. The van der Waals surface area contributed by atoms with Crippen molar-refractivity contribution >= 4 is 0 Å². The molecule has 12 nitrogen and oxygen atoms in total. The monoisotopic (exact) mass is 496 g/mol. The first-order chi connectivity index (χ1) is 16.6. The summed E-state index contributed by atoms with van der Waals surface area (Å²) in [6, 6.07) is 0. The number of hydrogen-bond donors (Lipinski definition) is 0. The topological polar surface area (TPSA) is 111 Å². The number of rotatable bonds is 8. The van der Waals surface area contributed by atoms with Gasteiger partial charge in [-0.3, -0.25) is 0 Å². The largest absolute Gasteiger partial charge is 0.382 e. The zero-order valence-corrected chi connectivity index (χ0v) is 20.9. The zero-order valence-electron chi connectivity index (χ0n) is 20.9. The van der Waals surface area contributed by atoms with Crippen LogP contribution < -0.4 is 0 Å². The van der Waals surface area contributed by atoms with E-state index in [9.17, 15) is 0 Å². The van der Waals surface area contributed by atoms with Gasteiger partial charge in [0, 0.05) is 42.7 Å². The van der Waals surface area contributed by atoms with Crippen molar-refractivity contribution < 1.29 is 56.8 Å². The molecule has 34 heavy (non-hydrogen) atoms. The van der Waals surface area contributed by atoms with Crippen molar-refractivity contribution in [2.45, 2.75) is 61.4 Å². The van der Waals surface area contributed by atoms with E-state index >= 15 is 0 Å². The average Bonchev–Trinajstić information content (AvgIpc) is 2.84. The minimum atomic E-state index is -0.700. The Morgan fingerprint density at radius 1 is 0.500 bits per heavy atom. The highest BCUT2D eigenvalue weighted by atomic mass is 16.7. The lowest BCUT2D eigenvalue weighted by Crippen LogP contribution is -2.63. The molecule has 0 aromatic rings. The Hall–Kier alpha value is -0.480. The van der Waals surface area contributed by atoms with Crippen LogP contribution >= 0.6 is 0 Å². The number of hydrogen-bond acceptors (Lipinski definition) is 12. The fourth-order valence-electron chi connectivity index (χ4n) is 4.78. The van der Waals surface area contributed by atoms with Crippen molar-refractivity contribution in [2.75, 3.05) is 82.3 Å². The summed E-state index contributed by atoms with van der Waals surface area (Å²) >= 11 is 0. The normalized spacial score (nSPS) is 42.2. The summed E-state index contributed by atoms with van der Waals surface area (Å²) in [5, 5.41) is 0. The summed E-state index contributed by atoms with van der Waals surface area (Å²) in [4.78, 5) is 0. The zero-order chi connectivity index (χ0) is 24.5. The van der Waals surface area contributed by atoms with E-state index in [1.165, 1.54) is 0 Å². The van der Waals surface area contributed by atoms with Crippen molar-refractivity contribution in [1.82, 2.24) is 0 Å². The molecule has 3 aliphatic rings. The van der Waals surface area contributed by atoms with Crippen LogP contribution in [0, 0.1) is 0 Å². The molecule has 0 saturated carbocycles. The maximum atomic E-state index is 6.14. The molecular weight excluding hydrogens is 456 g/mol. The summed E-state index contributed by atoms with van der Waals surface area (Å²) in [5.74, 6) is 0. The van der Waals surface area contributed by atoms with Crippen molar-refractivity contribution in [3.8, 4) is 0 Å². The molecule has 3 aliphatic heterocycles. The third-order valence-electron chi connectivity index (χ3n) is 6.28. The first-order valence-corrected chi connectivity index (χ1v) is 11.5. The Morgan fingerprint density at radius 2 is 0.853 bits per heavy atom. The highest BCUT2D eigenvalue weighted by Gasteiger charge is 2.50. The summed E-state index contributed by atoms with van der Waals surface area (Å²) < 4.78 is 70.0. The van der Waals surface area contributed by atoms with E-state index in [0.717, 1.165) is 0 Å². The molecule has 0 N–H and O–H groups in total. The van der Waals surface area contributed by atoms with E-state index in [1.807, 2.05) is 0 Å². The smallest absolute Gasteiger partial charge is 0.187 e. The minimum Gasteiger partial charge on any atom is -0.382 e. The second-order valence-electron chi connectivity index (χ2n) is 8.21. The minimum absolute atomic E-state index is 0.233. The Kier molecular flexibility index (Phi) is 11.8. The van der Waals surface area contributed by atoms with E-state index in [0.29, 0.717) is 13.2 Å². The number of methoxy groups -OCH3 is 6. The van der Waals surface area contributed by atoms with Gasteiger partial charge in [0.2, 0.25) is 0 Å². The van der Waals surface area contributed by atoms with Gasteiger partial charge in [0.05, 0.1) is 39.6 Å². The van der Waals surface area contributed by atoms with E-state index in [4.69, 9.17) is 56.8 Å². The van der Waals surface area contributed by atoms with Gasteiger partial charge in [0.1, 0.15) is 48.8 Å². The van der Waals surface area contributed by atoms with E-state index in [1.54, 1.807) is 42.7 Å². The molecular formula is C22H40O12. The molecule has 0 aliphatic carbocycles. The van der Waals surface area contributed by atoms with Crippen molar-refractivity contribution in [2.24, 2.45) is 0 Å². The summed E-state index contributed by atoms with van der Waals surface area (Å²) in [5.41, 5.74) is 0. The first-order valence-electron chi connectivity index (χ1n) is 11.5. The molecule has 0 unspecified atom stereocenters. The summed E-state index contributed by atoms with van der Waals surface area (Å²) in [6.07, 6.45) is -4.91. The Morgan fingerprint density at radius 3 is 1.18 bits per heavy atom. The van der Waals surface area contributed by atoms with Crippen molar-refractivity contribution in [3.05, 3.63) is 0 Å². The molecule has 0 bridgehead atoms. The maximum Gasteiger partial charge on any atom is 0.187 e. The molecule has 0 amide bonds. The molecule has 0 spiro atoms. The Bertz CT molecular complexity index is 520. The van der Waals surface area contributed by atoms with Crippen LogP contribution in [0.25, 0.3) is 0 Å². The summed E-state index contributed by atoms with van der Waals surface area (Å²) in [6.45, 7) is 1.59. The molecule has 0 aromatic heterocycles. The van der Waals surface area contributed by atoms with Crippen LogP contribution in [0.4, 0.5) is 0 Å². The van der Waals surface area contributed by atoms with Crippen LogP contribution in [0.15, 0.2) is 0 Å². The molecule has 0 aromatic carbocycles. The average molecular weight is 497 g/mol. The molecule has 3 rings (SSSR count). The van der Waals surface area contributed by atoms with Crippen LogP contribution in [-0.2, 0) is 56.8 Å². The molecule has 3 heterocycles. The molecule has 12 heteroatoms. The van der Waals surface area contributed by atoms with Gasteiger partial charge >= 0.3 is 0 Å². The number of fused-ring (bicyclic) bond motifs is 2. The van der Waals surface area contributed by atoms with Crippen LogP contribution in [0.2, 0.25) is 0 Å². The van der Waals surface area contributed by atoms with Crippen LogP contribution in [0.3, 0.4) is 0 Å². The lowest BCUT2D eigenvalue weighted by Gasteiger charge is -2.46. The van der Waals surface area contributed by atoms with E-state index in [-0.39, 0.29) is 38.6 Å². The SMILES string of the molecule is COC[C@H]1O[C@H]2OCCO[C@H]3[C@H](OCCO[C@@H]2[C@@H](OC)[C@@H]1OC)O[C@H](COC)[C@@H](OC)[C@@H]3OC. The lowest BCUT2D eigenvalue weighted by atomic mass is 9.98. The van der Waals surface area contributed by atoms with Crippen molar-refractivity contribution in [3.63, 3.8) is 0 Å². The van der Waals surface area contributed by atoms with Gasteiger partial charge in [-0.25, -0.2) is 0 Å². The predicted molar refractivity (Wildman–Crippen MR) is 116 cm³/mol. The highest BCUT2D eigenvalue weighted by molar-refractivity contribution is 4.94. The quantitative estimate of drug-likeness (QED) is 0.436.